The van der Waals surface area contributed by atoms with Crippen LogP contribution in [0, 0.1) is 11.8 Å². The van der Waals surface area contributed by atoms with E-state index in [-0.39, 0.29) is 17.7 Å². The van der Waals surface area contributed by atoms with Gasteiger partial charge in [0.1, 0.15) is 0 Å². The van der Waals surface area contributed by atoms with Crippen molar-refractivity contribution in [3.05, 3.63) is 0 Å². The number of hydrogen-bond donors (Lipinski definition) is 1. The summed E-state index contributed by atoms with van der Waals surface area (Å²) in [4.78, 5) is 29.3. The number of rotatable bonds is 3. The first-order chi connectivity index (χ1) is 8.97. The maximum atomic E-state index is 12.2. The van der Waals surface area contributed by atoms with Crippen LogP contribution in [-0.2, 0) is 9.59 Å². The Labute approximate surface area is 114 Å². The lowest BCUT2D eigenvalue weighted by Gasteiger charge is -2.33. The zero-order valence-electron chi connectivity index (χ0n) is 11.7. The Balaban J connectivity index is 1.82. The minimum atomic E-state index is -0.748. The fourth-order valence-corrected chi connectivity index (χ4v) is 2.86. The molecule has 0 saturated carbocycles. The molecule has 1 N–H and O–H groups in total. The molecule has 0 aromatic rings. The second-order valence-electron chi connectivity index (χ2n) is 5.80. The SMILES string of the molecule is C[C@@H]1CN(CC(=O)N2CCN(C)CC2)C[C@H]1C(=O)O. The van der Waals surface area contributed by atoms with E-state index >= 15 is 0 Å². The first-order valence-electron chi connectivity index (χ1n) is 6.89. The fourth-order valence-electron chi connectivity index (χ4n) is 2.86. The van der Waals surface area contributed by atoms with E-state index in [1.54, 1.807) is 0 Å². The molecule has 6 nitrogen and oxygen atoms in total. The van der Waals surface area contributed by atoms with E-state index in [1.807, 2.05) is 16.7 Å². The lowest BCUT2D eigenvalue weighted by atomic mass is 9.99. The van der Waals surface area contributed by atoms with Gasteiger partial charge in [-0.25, -0.2) is 0 Å². The molecule has 0 aromatic carbocycles. The standard InChI is InChI=1S/C13H23N3O3/c1-10-7-15(8-11(10)13(18)19)9-12(17)16-5-3-14(2)4-6-16/h10-11H,3-9H2,1-2H3,(H,18,19)/t10-,11-/m1/s1. The smallest absolute Gasteiger partial charge is 0.308 e. The normalized spacial score (nSPS) is 29.7. The second-order valence-corrected chi connectivity index (χ2v) is 5.80. The number of likely N-dealkylation sites (tertiary alicyclic amines) is 1. The monoisotopic (exact) mass is 269 g/mol. The van der Waals surface area contributed by atoms with Crippen LogP contribution >= 0.6 is 0 Å². The molecule has 0 unspecified atom stereocenters. The number of piperazine rings is 1. The van der Waals surface area contributed by atoms with Gasteiger partial charge in [0, 0.05) is 39.3 Å². The minimum absolute atomic E-state index is 0.123. The molecule has 19 heavy (non-hydrogen) atoms. The van der Waals surface area contributed by atoms with Crippen molar-refractivity contribution in [3.8, 4) is 0 Å². The highest BCUT2D eigenvalue weighted by molar-refractivity contribution is 5.78. The molecular formula is C13H23N3O3. The van der Waals surface area contributed by atoms with Crippen molar-refractivity contribution in [2.45, 2.75) is 6.92 Å². The maximum Gasteiger partial charge on any atom is 0.308 e. The number of carbonyl (C=O) groups is 2. The molecule has 0 radical (unpaired) electrons. The van der Waals surface area contributed by atoms with Crippen molar-refractivity contribution in [2.24, 2.45) is 11.8 Å². The average molecular weight is 269 g/mol. The van der Waals surface area contributed by atoms with Crippen LogP contribution in [0.3, 0.4) is 0 Å². The van der Waals surface area contributed by atoms with Crippen LogP contribution in [0.4, 0.5) is 0 Å². The Morgan fingerprint density at radius 2 is 1.79 bits per heavy atom. The lowest BCUT2D eigenvalue weighted by Crippen LogP contribution is -2.49. The van der Waals surface area contributed by atoms with Gasteiger partial charge < -0.3 is 14.9 Å². The van der Waals surface area contributed by atoms with E-state index in [0.717, 1.165) is 26.2 Å². The van der Waals surface area contributed by atoms with Crippen molar-refractivity contribution in [1.29, 1.82) is 0 Å². The van der Waals surface area contributed by atoms with E-state index < -0.39 is 5.97 Å². The lowest BCUT2D eigenvalue weighted by molar-refractivity contribution is -0.142. The Hall–Kier alpha value is -1.14. The molecular weight excluding hydrogens is 246 g/mol. The molecule has 2 aliphatic heterocycles. The summed E-state index contributed by atoms with van der Waals surface area (Å²) in [6.07, 6.45) is 0. The summed E-state index contributed by atoms with van der Waals surface area (Å²) >= 11 is 0. The molecule has 0 bridgehead atoms. The van der Waals surface area contributed by atoms with E-state index in [4.69, 9.17) is 5.11 Å². The minimum Gasteiger partial charge on any atom is -0.481 e. The molecule has 0 aliphatic carbocycles. The van der Waals surface area contributed by atoms with Crippen molar-refractivity contribution < 1.29 is 14.7 Å². The molecule has 2 atom stereocenters. The Bertz CT molecular complexity index is 353. The first-order valence-corrected chi connectivity index (χ1v) is 6.89. The highest BCUT2D eigenvalue weighted by Gasteiger charge is 2.35. The zero-order chi connectivity index (χ0) is 14.0. The largest absolute Gasteiger partial charge is 0.481 e. The Morgan fingerprint density at radius 1 is 1.16 bits per heavy atom. The molecule has 2 heterocycles. The summed E-state index contributed by atoms with van der Waals surface area (Å²) in [6, 6.07) is 0. The highest BCUT2D eigenvalue weighted by atomic mass is 16.4. The number of carboxylic acid groups (broad SMARTS) is 1. The van der Waals surface area contributed by atoms with E-state index in [9.17, 15) is 9.59 Å². The third-order valence-corrected chi connectivity index (χ3v) is 4.22. The molecule has 2 rings (SSSR count). The molecule has 0 spiro atoms. The van der Waals surface area contributed by atoms with Crippen LogP contribution in [0.1, 0.15) is 6.92 Å². The van der Waals surface area contributed by atoms with E-state index in [1.165, 1.54) is 0 Å². The first kappa shape index (κ1) is 14.3. The van der Waals surface area contributed by atoms with Crippen LogP contribution in [0.25, 0.3) is 0 Å². The predicted molar refractivity (Wildman–Crippen MR) is 70.8 cm³/mol. The van der Waals surface area contributed by atoms with Crippen LogP contribution < -0.4 is 0 Å². The van der Waals surface area contributed by atoms with Gasteiger partial charge in [-0.3, -0.25) is 14.5 Å². The summed E-state index contributed by atoms with van der Waals surface area (Å²) in [5, 5.41) is 9.09. The summed E-state index contributed by atoms with van der Waals surface area (Å²) in [5.74, 6) is -0.827. The topological polar surface area (TPSA) is 64.1 Å². The van der Waals surface area contributed by atoms with Crippen LogP contribution in [0.2, 0.25) is 0 Å². The van der Waals surface area contributed by atoms with Gasteiger partial charge in [-0.05, 0) is 13.0 Å². The van der Waals surface area contributed by atoms with Crippen LogP contribution in [-0.4, -0.2) is 84.5 Å². The summed E-state index contributed by atoms with van der Waals surface area (Å²) in [5.41, 5.74) is 0. The van der Waals surface area contributed by atoms with Crippen LogP contribution in [0.5, 0.6) is 0 Å². The third-order valence-electron chi connectivity index (χ3n) is 4.22. The van der Waals surface area contributed by atoms with Crippen molar-refractivity contribution in [3.63, 3.8) is 0 Å². The van der Waals surface area contributed by atoms with Gasteiger partial charge in [0.05, 0.1) is 12.5 Å². The molecule has 2 saturated heterocycles. The Morgan fingerprint density at radius 3 is 2.32 bits per heavy atom. The molecule has 1 amide bonds. The summed E-state index contributed by atoms with van der Waals surface area (Å²) in [6.45, 7) is 6.89. The maximum absolute atomic E-state index is 12.2. The van der Waals surface area contributed by atoms with Gasteiger partial charge in [-0.2, -0.15) is 0 Å². The van der Waals surface area contributed by atoms with Crippen molar-refractivity contribution in [1.82, 2.24) is 14.7 Å². The van der Waals surface area contributed by atoms with Crippen LogP contribution in [0.15, 0.2) is 0 Å². The molecule has 2 fully saturated rings. The number of carbonyl (C=O) groups excluding carboxylic acids is 1. The Kier molecular flexibility index (Phi) is 4.42. The van der Waals surface area contributed by atoms with Gasteiger partial charge >= 0.3 is 5.97 Å². The molecule has 2 aliphatic rings. The predicted octanol–water partition coefficient (Wildman–Crippen LogP) is -0.587. The second kappa shape index (κ2) is 5.88. The molecule has 0 aromatic heterocycles. The highest BCUT2D eigenvalue weighted by Crippen LogP contribution is 2.22. The zero-order valence-corrected chi connectivity index (χ0v) is 11.7. The quantitative estimate of drug-likeness (QED) is 0.742. The fraction of sp³-hybridized carbons (Fsp3) is 0.846. The molecule has 6 heteroatoms. The number of hydrogen-bond acceptors (Lipinski definition) is 4. The number of likely N-dealkylation sites (N-methyl/N-ethyl adjacent to an activating group) is 1. The number of amides is 1. The third kappa shape index (κ3) is 3.45. The number of nitrogens with zero attached hydrogens (tertiary/aromatic N) is 3. The van der Waals surface area contributed by atoms with Gasteiger partial charge in [0.2, 0.25) is 5.91 Å². The average Bonchev–Trinajstić information content (AvgIpc) is 2.71. The molecule has 108 valence electrons. The van der Waals surface area contributed by atoms with Gasteiger partial charge in [0.15, 0.2) is 0 Å². The van der Waals surface area contributed by atoms with E-state index in [0.29, 0.717) is 19.6 Å². The number of carboxylic acids is 1. The van der Waals surface area contributed by atoms with Gasteiger partial charge in [0.25, 0.3) is 0 Å². The number of aliphatic carboxylic acids is 1. The summed E-state index contributed by atoms with van der Waals surface area (Å²) < 4.78 is 0. The van der Waals surface area contributed by atoms with E-state index in [2.05, 4.69) is 11.9 Å². The van der Waals surface area contributed by atoms with Crippen molar-refractivity contribution in [2.75, 3.05) is 52.9 Å². The summed E-state index contributed by atoms with van der Waals surface area (Å²) in [7, 11) is 2.06. The van der Waals surface area contributed by atoms with Gasteiger partial charge in [-0.15, -0.1) is 0 Å². The van der Waals surface area contributed by atoms with Gasteiger partial charge in [-0.1, -0.05) is 6.92 Å². The van der Waals surface area contributed by atoms with Crippen molar-refractivity contribution >= 4 is 11.9 Å².